The molecule has 2 heterocycles. The fourth-order valence-electron chi connectivity index (χ4n) is 2.57. The predicted molar refractivity (Wildman–Crippen MR) is 105 cm³/mol. The van der Waals surface area contributed by atoms with E-state index in [1.165, 1.54) is 0 Å². The molecule has 136 valence electrons. The summed E-state index contributed by atoms with van der Waals surface area (Å²) in [6.07, 6.45) is 8.05. The maximum Gasteiger partial charge on any atom is 0.163 e. The van der Waals surface area contributed by atoms with Gasteiger partial charge in [0.05, 0.1) is 5.56 Å². The number of carbonyl (C=O) groups is 1. The van der Waals surface area contributed by atoms with E-state index in [4.69, 9.17) is 4.74 Å². The maximum absolute atomic E-state index is 11.7. The van der Waals surface area contributed by atoms with Gasteiger partial charge in [0.2, 0.25) is 0 Å². The van der Waals surface area contributed by atoms with E-state index in [1.54, 1.807) is 6.92 Å². The Labute approximate surface area is 151 Å². The minimum atomic E-state index is 0.00252. The van der Waals surface area contributed by atoms with Gasteiger partial charge < -0.3 is 15.0 Å². The van der Waals surface area contributed by atoms with Gasteiger partial charge in [-0.25, -0.2) is 0 Å². The van der Waals surface area contributed by atoms with Gasteiger partial charge in [-0.1, -0.05) is 33.8 Å². The fourth-order valence-corrected chi connectivity index (χ4v) is 2.57. The second-order valence-electron chi connectivity index (χ2n) is 5.40. The number of aryl methyl sites for hydroxylation is 1. The number of ether oxygens (including phenoxy) is 1. The molecule has 2 aliphatic rings. The van der Waals surface area contributed by atoms with Crippen LogP contribution < -0.4 is 10.1 Å². The lowest BCUT2D eigenvalue weighted by molar-refractivity contribution is 0.101. The Morgan fingerprint density at radius 1 is 1.20 bits per heavy atom. The van der Waals surface area contributed by atoms with Gasteiger partial charge in [-0.15, -0.1) is 0 Å². The van der Waals surface area contributed by atoms with E-state index in [0.717, 1.165) is 16.9 Å². The lowest BCUT2D eigenvalue weighted by atomic mass is 10.1. The fraction of sp³-hybridized carbons (Fsp3) is 0.381. The maximum atomic E-state index is 11.7. The highest BCUT2D eigenvalue weighted by molar-refractivity contribution is 5.96. The number of hydrogen-bond donors (Lipinski definition) is 1. The number of nitrogens with zero attached hydrogens (tertiary/aromatic N) is 1. The number of rotatable bonds is 3. The minimum absolute atomic E-state index is 0.00252. The molecule has 1 aromatic rings. The first kappa shape index (κ1) is 20.6. The zero-order valence-corrected chi connectivity index (χ0v) is 16.4. The van der Waals surface area contributed by atoms with Crippen LogP contribution in [0.3, 0.4) is 0 Å². The number of hydrogen-bond acceptors (Lipinski definition) is 4. The minimum Gasteiger partial charge on any atom is -0.455 e. The van der Waals surface area contributed by atoms with E-state index in [1.807, 2.05) is 89.3 Å². The van der Waals surface area contributed by atoms with Crippen LogP contribution in [0.1, 0.15) is 50.5 Å². The number of Topliss-reactive ketones (excluding diaryl/α,β-unsaturated/α-hetero) is 1. The van der Waals surface area contributed by atoms with Gasteiger partial charge in [0.1, 0.15) is 17.7 Å². The molecule has 3 rings (SSSR count). The molecule has 4 heteroatoms. The normalized spacial score (nSPS) is 16.9. The standard InChI is InChI=1S/C17H18N2O2.2C2H6/c1-11-4-5-15(12(2)20)16(8-11)21-14-9-13-6-7-18-17(13)19(3)10-14;2*1-2/h4-10,17-18H,1-3H3;2*1-2H3. The van der Waals surface area contributed by atoms with Crippen LogP contribution in [0.4, 0.5) is 0 Å². The summed E-state index contributed by atoms with van der Waals surface area (Å²) in [7, 11) is 1.99. The van der Waals surface area contributed by atoms with Gasteiger partial charge in [-0.3, -0.25) is 4.79 Å². The average molecular weight is 342 g/mol. The van der Waals surface area contributed by atoms with E-state index >= 15 is 0 Å². The molecule has 0 bridgehead atoms. The quantitative estimate of drug-likeness (QED) is 0.802. The van der Waals surface area contributed by atoms with Crippen LogP contribution in [0.15, 0.2) is 54.1 Å². The van der Waals surface area contributed by atoms with Crippen molar-refractivity contribution in [1.82, 2.24) is 10.2 Å². The molecule has 1 aromatic carbocycles. The first-order valence-corrected chi connectivity index (χ1v) is 8.92. The highest BCUT2D eigenvalue weighted by atomic mass is 16.5. The van der Waals surface area contributed by atoms with Crippen molar-refractivity contribution in [2.24, 2.45) is 0 Å². The highest BCUT2D eigenvalue weighted by Crippen LogP contribution is 2.27. The lowest BCUT2D eigenvalue weighted by Gasteiger charge is -2.29. The summed E-state index contributed by atoms with van der Waals surface area (Å²) in [5, 5.41) is 3.25. The zero-order valence-electron chi connectivity index (χ0n) is 16.4. The molecule has 25 heavy (non-hydrogen) atoms. The molecule has 0 amide bonds. The molecule has 0 radical (unpaired) electrons. The van der Waals surface area contributed by atoms with Crippen molar-refractivity contribution >= 4 is 5.78 Å². The molecule has 2 aliphatic heterocycles. The van der Waals surface area contributed by atoms with E-state index in [-0.39, 0.29) is 11.9 Å². The number of nitrogens with one attached hydrogen (secondary N) is 1. The number of fused-ring (bicyclic) bond motifs is 1. The Morgan fingerprint density at radius 3 is 2.52 bits per heavy atom. The third-order valence-electron chi connectivity index (χ3n) is 3.64. The second kappa shape index (κ2) is 9.72. The van der Waals surface area contributed by atoms with Crippen LogP contribution in [0, 0.1) is 6.92 Å². The van der Waals surface area contributed by atoms with Gasteiger partial charge >= 0.3 is 0 Å². The topological polar surface area (TPSA) is 41.6 Å². The molecule has 0 aliphatic carbocycles. The van der Waals surface area contributed by atoms with Crippen molar-refractivity contribution in [2.75, 3.05) is 7.05 Å². The molecule has 0 aromatic heterocycles. The lowest BCUT2D eigenvalue weighted by Crippen LogP contribution is -2.38. The summed E-state index contributed by atoms with van der Waals surface area (Å²) in [6.45, 7) is 11.5. The summed E-state index contributed by atoms with van der Waals surface area (Å²) in [5.74, 6) is 1.33. The summed E-state index contributed by atoms with van der Waals surface area (Å²) >= 11 is 0. The first-order chi connectivity index (χ1) is 12.0. The Balaban J connectivity index is 0.000000730. The van der Waals surface area contributed by atoms with E-state index in [2.05, 4.69) is 5.32 Å². The molecule has 0 saturated carbocycles. The number of likely N-dealkylation sites (N-methyl/N-ethyl adjacent to an activating group) is 1. The molecule has 4 nitrogen and oxygen atoms in total. The van der Waals surface area contributed by atoms with Crippen LogP contribution in [-0.2, 0) is 0 Å². The monoisotopic (exact) mass is 342 g/mol. The second-order valence-corrected chi connectivity index (χ2v) is 5.40. The Morgan fingerprint density at radius 2 is 1.88 bits per heavy atom. The van der Waals surface area contributed by atoms with Gasteiger partial charge in [0.15, 0.2) is 5.78 Å². The number of benzene rings is 1. The van der Waals surface area contributed by atoms with Crippen molar-refractivity contribution in [3.63, 3.8) is 0 Å². The molecular weight excluding hydrogens is 312 g/mol. The molecule has 0 fully saturated rings. The van der Waals surface area contributed by atoms with Gasteiger partial charge in [0, 0.05) is 13.2 Å². The molecular formula is C21H30N2O2. The van der Waals surface area contributed by atoms with Crippen molar-refractivity contribution < 1.29 is 9.53 Å². The number of allylic oxidation sites excluding steroid dienone is 1. The summed E-state index contributed by atoms with van der Waals surface area (Å²) in [4.78, 5) is 13.8. The molecule has 0 saturated heterocycles. The van der Waals surface area contributed by atoms with E-state index < -0.39 is 0 Å². The highest BCUT2D eigenvalue weighted by Gasteiger charge is 2.24. The molecule has 1 N–H and O–H groups in total. The van der Waals surface area contributed by atoms with Crippen molar-refractivity contribution in [1.29, 1.82) is 0 Å². The van der Waals surface area contributed by atoms with Crippen molar-refractivity contribution in [3.8, 4) is 5.75 Å². The van der Waals surface area contributed by atoms with Crippen molar-refractivity contribution in [3.05, 3.63) is 65.2 Å². The largest absolute Gasteiger partial charge is 0.455 e. The van der Waals surface area contributed by atoms with Crippen LogP contribution >= 0.6 is 0 Å². The van der Waals surface area contributed by atoms with Crippen LogP contribution in [0.2, 0.25) is 0 Å². The zero-order chi connectivity index (χ0) is 19.0. The van der Waals surface area contributed by atoms with Crippen molar-refractivity contribution in [2.45, 2.75) is 47.7 Å². The SMILES string of the molecule is CC.CC.CC(=O)c1ccc(C)cc1OC1=CN(C)C2NC=CC2=C1. The van der Waals surface area contributed by atoms with Gasteiger partial charge in [-0.05, 0) is 55.5 Å². The number of carbonyl (C=O) groups excluding carboxylic acids is 1. The van der Waals surface area contributed by atoms with Crippen LogP contribution in [0.5, 0.6) is 5.75 Å². The van der Waals surface area contributed by atoms with Gasteiger partial charge in [-0.2, -0.15) is 0 Å². The summed E-state index contributed by atoms with van der Waals surface area (Å²) < 4.78 is 5.97. The third kappa shape index (κ3) is 4.99. The predicted octanol–water partition coefficient (Wildman–Crippen LogP) is 4.79. The van der Waals surface area contributed by atoms with Crippen LogP contribution in [-0.4, -0.2) is 23.9 Å². The first-order valence-electron chi connectivity index (χ1n) is 8.92. The smallest absolute Gasteiger partial charge is 0.163 e. The summed E-state index contributed by atoms with van der Waals surface area (Å²) in [6, 6.07) is 5.63. The Bertz CT molecular complexity index is 687. The Kier molecular flexibility index (Phi) is 7.99. The van der Waals surface area contributed by atoms with E-state index in [9.17, 15) is 4.79 Å². The average Bonchev–Trinajstić information content (AvgIpc) is 3.07. The Hall–Kier alpha value is -2.49. The molecule has 1 atom stereocenters. The van der Waals surface area contributed by atoms with Gasteiger partial charge in [0.25, 0.3) is 0 Å². The summed E-state index contributed by atoms with van der Waals surface area (Å²) in [5.41, 5.74) is 2.81. The molecule has 1 unspecified atom stereocenters. The third-order valence-corrected chi connectivity index (χ3v) is 3.64. The van der Waals surface area contributed by atoms with Crippen LogP contribution in [0.25, 0.3) is 0 Å². The molecule has 0 spiro atoms. The van der Waals surface area contributed by atoms with E-state index in [0.29, 0.717) is 11.3 Å². The number of ketones is 1.